The second kappa shape index (κ2) is 5.69. The van der Waals surface area contributed by atoms with Crippen molar-refractivity contribution >= 4 is 11.8 Å². The van der Waals surface area contributed by atoms with Crippen LogP contribution in [0.2, 0.25) is 0 Å². The van der Waals surface area contributed by atoms with Gasteiger partial charge in [0.15, 0.2) is 0 Å². The highest BCUT2D eigenvalue weighted by atomic mass is 32.2. The van der Waals surface area contributed by atoms with Crippen molar-refractivity contribution in [1.29, 1.82) is 0 Å². The van der Waals surface area contributed by atoms with E-state index in [1.807, 2.05) is 30.5 Å². The Hall–Kier alpha value is -0.910. The number of ether oxygens (including phenoxy) is 1. The van der Waals surface area contributed by atoms with Gasteiger partial charge in [0.2, 0.25) is 0 Å². The SMILES string of the molecule is C#Cc1ccc(COCSC)cc1. The molecule has 0 aliphatic heterocycles. The molecule has 0 radical (unpaired) electrons. The third-order valence-electron chi connectivity index (χ3n) is 1.59. The summed E-state index contributed by atoms with van der Waals surface area (Å²) in [5.41, 5.74) is 2.07. The fourth-order valence-electron chi connectivity index (χ4n) is 0.940. The molecule has 0 bridgehead atoms. The monoisotopic (exact) mass is 192 g/mol. The van der Waals surface area contributed by atoms with Gasteiger partial charge in [-0.05, 0) is 24.0 Å². The second-order valence-corrected chi connectivity index (χ2v) is 3.41. The molecule has 0 unspecified atom stereocenters. The third-order valence-corrected chi connectivity index (χ3v) is 1.99. The van der Waals surface area contributed by atoms with Gasteiger partial charge in [-0.15, -0.1) is 18.2 Å². The molecule has 1 nitrogen and oxygen atoms in total. The fraction of sp³-hybridized carbons (Fsp3) is 0.273. The fourth-order valence-corrected chi connectivity index (χ4v) is 1.19. The summed E-state index contributed by atoms with van der Waals surface area (Å²) in [5.74, 6) is 3.31. The Bertz CT molecular complexity index is 284. The molecule has 0 heterocycles. The van der Waals surface area contributed by atoms with Crippen molar-refractivity contribution < 1.29 is 4.74 Å². The molecule has 0 aliphatic carbocycles. The van der Waals surface area contributed by atoms with Gasteiger partial charge in [0.1, 0.15) is 0 Å². The van der Waals surface area contributed by atoms with E-state index < -0.39 is 0 Å². The molecule has 0 N–H and O–H groups in total. The molecule has 0 amide bonds. The second-order valence-electron chi connectivity index (χ2n) is 2.60. The van der Waals surface area contributed by atoms with Crippen LogP contribution in [0.15, 0.2) is 24.3 Å². The van der Waals surface area contributed by atoms with Crippen LogP contribution < -0.4 is 0 Å². The maximum atomic E-state index is 5.35. The topological polar surface area (TPSA) is 9.23 Å². The van der Waals surface area contributed by atoms with E-state index in [1.54, 1.807) is 11.8 Å². The zero-order valence-electron chi connectivity index (χ0n) is 7.62. The number of rotatable bonds is 4. The van der Waals surface area contributed by atoms with Crippen molar-refractivity contribution in [3.8, 4) is 12.3 Å². The molecular weight excluding hydrogens is 180 g/mol. The van der Waals surface area contributed by atoms with Crippen LogP contribution in [0.25, 0.3) is 0 Å². The first-order valence-corrected chi connectivity index (χ1v) is 5.38. The van der Waals surface area contributed by atoms with Crippen LogP contribution in [0.1, 0.15) is 11.1 Å². The molecule has 0 atom stereocenters. The Morgan fingerprint density at radius 2 is 2.08 bits per heavy atom. The first-order chi connectivity index (χ1) is 6.36. The standard InChI is InChI=1S/C11H12OS/c1-3-10-4-6-11(7-5-10)8-12-9-13-2/h1,4-7H,8-9H2,2H3. The largest absolute Gasteiger partial charge is 0.366 e. The summed E-state index contributed by atoms with van der Waals surface area (Å²) in [7, 11) is 0. The van der Waals surface area contributed by atoms with Gasteiger partial charge in [-0.2, -0.15) is 0 Å². The highest BCUT2D eigenvalue weighted by Crippen LogP contribution is 2.05. The van der Waals surface area contributed by atoms with Crippen molar-refractivity contribution in [2.24, 2.45) is 0 Å². The minimum Gasteiger partial charge on any atom is -0.366 e. The summed E-state index contributed by atoms with van der Waals surface area (Å²) >= 11 is 1.67. The predicted octanol–water partition coefficient (Wildman–Crippen LogP) is 2.51. The normalized spacial score (nSPS) is 9.54. The van der Waals surface area contributed by atoms with E-state index in [1.165, 1.54) is 0 Å². The van der Waals surface area contributed by atoms with Gasteiger partial charge >= 0.3 is 0 Å². The average molecular weight is 192 g/mol. The van der Waals surface area contributed by atoms with Crippen LogP contribution in [0.5, 0.6) is 0 Å². The molecule has 0 fully saturated rings. The number of benzene rings is 1. The van der Waals surface area contributed by atoms with Gasteiger partial charge in [-0.1, -0.05) is 18.1 Å². The van der Waals surface area contributed by atoms with E-state index in [4.69, 9.17) is 11.2 Å². The van der Waals surface area contributed by atoms with E-state index in [9.17, 15) is 0 Å². The molecule has 0 saturated carbocycles. The Labute approximate surface area is 83.5 Å². The number of hydrogen-bond donors (Lipinski definition) is 0. The summed E-state index contributed by atoms with van der Waals surface area (Å²) in [4.78, 5) is 0. The van der Waals surface area contributed by atoms with E-state index in [0.29, 0.717) is 6.61 Å². The Kier molecular flexibility index (Phi) is 4.45. The van der Waals surface area contributed by atoms with Gasteiger partial charge in [0.05, 0.1) is 12.5 Å². The van der Waals surface area contributed by atoms with Crippen LogP contribution in [0.3, 0.4) is 0 Å². The van der Waals surface area contributed by atoms with Gasteiger partial charge in [-0.3, -0.25) is 0 Å². The minimum absolute atomic E-state index is 0.658. The summed E-state index contributed by atoms with van der Waals surface area (Å²) in [5, 5.41) is 0. The third kappa shape index (κ3) is 3.54. The van der Waals surface area contributed by atoms with Crippen LogP contribution in [0.4, 0.5) is 0 Å². The quantitative estimate of drug-likeness (QED) is 0.412. The molecule has 1 aromatic carbocycles. The van der Waals surface area contributed by atoms with Crippen molar-refractivity contribution in [2.45, 2.75) is 6.61 Å². The predicted molar refractivity (Wildman–Crippen MR) is 57.5 cm³/mol. The lowest BCUT2D eigenvalue weighted by molar-refractivity contribution is 0.169. The smallest absolute Gasteiger partial charge is 0.0922 e. The average Bonchev–Trinajstić information content (AvgIpc) is 2.19. The Morgan fingerprint density at radius 1 is 1.38 bits per heavy atom. The van der Waals surface area contributed by atoms with Crippen molar-refractivity contribution in [3.05, 3.63) is 35.4 Å². The van der Waals surface area contributed by atoms with Crippen molar-refractivity contribution in [1.82, 2.24) is 0 Å². The lowest BCUT2D eigenvalue weighted by Gasteiger charge is -2.01. The van der Waals surface area contributed by atoms with E-state index in [-0.39, 0.29) is 0 Å². The van der Waals surface area contributed by atoms with Crippen LogP contribution in [-0.2, 0) is 11.3 Å². The van der Waals surface area contributed by atoms with E-state index in [0.717, 1.165) is 17.1 Å². The highest BCUT2D eigenvalue weighted by Gasteiger charge is 1.92. The molecule has 0 aliphatic rings. The summed E-state index contributed by atoms with van der Waals surface area (Å²) in [6.07, 6.45) is 7.25. The first kappa shape index (κ1) is 10.2. The highest BCUT2D eigenvalue weighted by molar-refractivity contribution is 7.98. The van der Waals surface area contributed by atoms with Crippen molar-refractivity contribution in [3.63, 3.8) is 0 Å². The summed E-state index contributed by atoms with van der Waals surface area (Å²) < 4.78 is 5.35. The van der Waals surface area contributed by atoms with Gasteiger partial charge in [-0.25, -0.2) is 0 Å². The minimum atomic E-state index is 0.658. The lowest BCUT2D eigenvalue weighted by atomic mass is 10.1. The van der Waals surface area contributed by atoms with E-state index >= 15 is 0 Å². The van der Waals surface area contributed by atoms with Crippen LogP contribution in [0, 0.1) is 12.3 Å². The molecule has 2 heteroatoms. The Morgan fingerprint density at radius 3 is 2.62 bits per heavy atom. The molecule has 1 aromatic rings. The lowest BCUT2D eigenvalue weighted by Crippen LogP contribution is -1.91. The maximum Gasteiger partial charge on any atom is 0.0922 e. The number of hydrogen-bond acceptors (Lipinski definition) is 2. The first-order valence-electron chi connectivity index (χ1n) is 3.99. The summed E-state index contributed by atoms with van der Waals surface area (Å²) in [6.45, 7) is 0.658. The van der Waals surface area contributed by atoms with Gasteiger partial charge in [0.25, 0.3) is 0 Å². The van der Waals surface area contributed by atoms with E-state index in [2.05, 4.69) is 5.92 Å². The molecule has 0 saturated heterocycles. The molecule has 13 heavy (non-hydrogen) atoms. The summed E-state index contributed by atoms with van der Waals surface area (Å²) in [6, 6.07) is 7.85. The zero-order valence-corrected chi connectivity index (χ0v) is 8.43. The molecule has 0 aromatic heterocycles. The van der Waals surface area contributed by atoms with Crippen LogP contribution >= 0.6 is 11.8 Å². The van der Waals surface area contributed by atoms with Crippen LogP contribution in [-0.4, -0.2) is 12.2 Å². The molecule has 0 spiro atoms. The zero-order chi connectivity index (χ0) is 9.52. The number of thioether (sulfide) groups is 1. The number of terminal acetylenes is 1. The van der Waals surface area contributed by atoms with Gasteiger partial charge < -0.3 is 4.74 Å². The van der Waals surface area contributed by atoms with Gasteiger partial charge in [0, 0.05) is 5.56 Å². The van der Waals surface area contributed by atoms with Crippen molar-refractivity contribution in [2.75, 3.05) is 12.2 Å². The maximum absolute atomic E-state index is 5.35. The molecule has 68 valence electrons. The Balaban J connectivity index is 2.46. The molecular formula is C11H12OS. The molecule has 1 rings (SSSR count).